The molecule has 0 aromatic heterocycles. The van der Waals surface area contributed by atoms with Crippen molar-refractivity contribution in [3.8, 4) is 0 Å². The van der Waals surface area contributed by atoms with Gasteiger partial charge in [0.05, 0.1) is 12.5 Å². The molecule has 0 saturated carbocycles. The topological polar surface area (TPSA) is 81.7 Å². The van der Waals surface area contributed by atoms with Crippen LogP contribution in [0.3, 0.4) is 0 Å². The third-order valence-electron chi connectivity index (χ3n) is 2.43. The molecule has 0 unspecified atom stereocenters. The molecule has 0 radical (unpaired) electrons. The minimum atomic E-state index is -0.616. The van der Waals surface area contributed by atoms with Crippen molar-refractivity contribution >= 4 is 17.8 Å². The van der Waals surface area contributed by atoms with Crippen molar-refractivity contribution in [1.29, 1.82) is 0 Å². The quantitative estimate of drug-likeness (QED) is 0.567. The Labute approximate surface area is 105 Å². The summed E-state index contributed by atoms with van der Waals surface area (Å²) >= 11 is 0. The maximum absolute atomic E-state index is 11.3. The maximum atomic E-state index is 11.3. The SMILES string of the molecule is C=C=C(COC(C)=O)[C@@H]1NC(=O)C[C@@H]1OC(C)=O. The molecule has 1 fully saturated rings. The predicted octanol–water partition coefficient (Wildman–Crippen LogP) is 0.0810. The first kappa shape index (κ1) is 14.0. The monoisotopic (exact) mass is 253 g/mol. The number of hydrogen-bond donors (Lipinski definition) is 1. The summed E-state index contributed by atoms with van der Waals surface area (Å²) < 4.78 is 9.86. The van der Waals surface area contributed by atoms with Gasteiger partial charge in [0.2, 0.25) is 5.91 Å². The molecular weight excluding hydrogens is 238 g/mol. The first-order chi connectivity index (χ1) is 8.43. The van der Waals surface area contributed by atoms with Crippen molar-refractivity contribution < 1.29 is 23.9 Å². The summed E-state index contributed by atoms with van der Waals surface area (Å²) in [6.45, 7) is 5.98. The number of esters is 2. The molecule has 1 aliphatic heterocycles. The van der Waals surface area contributed by atoms with Crippen LogP contribution >= 0.6 is 0 Å². The fourth-order valence-electron chi connectivity index (χ4n) is 1.69. The third-order valence-corrected chi connectivity index (χ3v) is 2.43. The Hall–Kier alpha value is -2.07. The van der Waals surface area contributed by atoms with E-state index in [0.29, 0.717) is 5.57 Å². The van der Waals surface area contributed by atoms with Crippen molar-refractivity contribution in [2.24, 2.45) is 0 Å². The number of carbonyl (C=O) groups is 3. The van der Waals surface area contributed by atoms with Crippen LogP contribution in [0.1, 0.15) is 20.3 Å². The normalized spacial score (nSPS) is 21.8. The average molecular weight is 253 g/mol. The van der Waals surface area contributed by atoms with Crippen LogP contribution in [0.2, 0.25) is 0 Å². The number of amides is 1. The van der Waals surface area contributed by atoms with E-state index in [-0.39, 0.29) is 18.9 Å². The molecule has 1 amide bonds. The fourth-order valence-corrected chi connectivity index (χ4v) is 1.69. The van der Waals surface area contributed by atoms with Crippen molar-refractivity contribution in [2.45, 2.75) is 32.4 Å². The number of nitrogens with one attached hydrogen (secondary N) is 1. The van der Waals surface area contributed by atoms with Gasteiger partial charge in [0, 0.05) is 19.4 Å². The summed E-state index contributed by atoms with van der Waals surface area (Å²) in [5, 5.41) is 2.64. The molecular formula is C12H15NO5. The lowest BCUT2D eigenvalue weighted by molar-refractivity contribution is -0.147. The van der Waals surface area contributed by atoms with Crippen molar-refractivity contribution in [1.82, 2.24) is 5.32 Å². The molecule has 1 aliphatic rings. The van der Waals surface area contributed by atoms with Crippen LogP contribution in [0.25, 0.3) is 0 Å². The Bertz CT molecular complexity index is 422. The van der Waals surface area contributed by atoms with Crippen LogP contribution in [0.5, 0.6) is 0 Å². The van der Waals surface area contributed by atoms with Crippen LogP contribution in [-0.2, 0) is 23.9 Å². The van der Waals surface area contributed by atoms with Gasteiger partial charge in [-0.05, 0) is 0 Å². The second-order valence-corrected chi connectivity index (χ2v) is 3.88. The van der Waals surface area contributed by atoms with Gasteiger partial charge in [0.25, 0.3) is 0 Å². The largest absolute Gasteiger partial charge is 0.461 e. The van der Waals surface area contributed by atoms with Gasteiger partial charge in [0.1, 0.15) is 12.7 Å². The molecule has 1 heterocycles. The van der Waals surface area contributed by atoms with Gasteiger partial charge in [-0.3, -0.25) is 14.4 Å². The predicted molar refractivity (Wildman–Crippen MR) is 61.4 cm³/mol. The van der Waals surface area contributed by atoms with Crippen LogP contribution < -0.4 is 5.32 Å². The molecule has 2 atom stereocenters. The highest BCUT2D eigenvalue weighted by atomic mass is 16.5. The number of carbonyl (C=O) groups excluding carboxylic acids is 3. The molecule has 0 spiro atoms. The molecule has 1 rings (SSSR count). The number of rotatable bonds is 4. The second-order valence-electron chi connectivity index (χ2n) is 3.88. The summed E-state index contributed by atoms with van der Waals surface area (Å²) in [6.07, 6.45) is -0.537. The summed E-state index contributed by atoms with van der Waals surface area (Å²) in [7, 11) is 0. The minimum absolute atomic E-state index is 0.0401. The Balaban J connectivity index is 2.76. The Morgan fingerprint density at radius 1 is 1.44 bits per heavy atom. The number of ether oxygens (including phenoxy) is 2. The van der Waals surface area contributed by atoms with Gasteiger partial charge in [-0.15, -0.1) is 5.73 Å². The first-order valence-corrected chi connectivity index (χ1v) is 5.42. The van der Waals surface area contributed by atoms with Gasteiger partial charge < -0.3 is 14.8 Å². The zero-order valence-corrected chi connectivity index (χ0v) is 10.3. The summed E-state index contributed by atoms with van der Waals surface area (Å²) in [5.74, 6) is -1.16. The fraction of sp³-hybridized carbons (Fsp3) is 0.500. The summed E-state index contributed by atoms with van der Waals surface area (Å²) in [4.78, 5) is 33.0. The average Bonchev–Trinajstić information content (AvgIpc) is 2.59. The van der Waals surface area contributed by atoms with E-state index in [0.717, 1.165) is 0 Å². The lowest BCUT2D eigenvalue weighted by Gasteiger charge is -2.20. The van der Waals surface area contributed by atoms with Crippen molar-refractivity contribution in [3.05, 3.63) is 17.9 Å². The zero-order chi connectivity index (χ0) is 13.7. The van der Waals surface area contributed by atoms with Crippen molar-refractivity contribution in [2.75, 3.05) is 6.61 Å². The van der Waals surface area contributed by atoms with E-state index in [1.54, 1.807) is 0 Å². The Kier molecular flexibility index (Phi) is 4.68. The highest BCUT2D eigenvalue weighted by Crippen LogP contribution is 2.19. The maximum Gasteiger partial charge on any atom is 0.303 e. The highest BCUT2D eigenvalue weighted by Gasteiger charge is 2.37. The summed E-state index contributed by atoms with van der Waals surface area (Å²) in [6, 6.07) is -0.543. The molecule has 6 heteroatoms. The lowest BCUT2D eigenvalue weighted by Crippen LogP contribution is -2.37. The van der Waals surface area contributed by atoms with E-state index >= 15 is 0 Å². The van der Waals surface area contributed by atoms with E-state index in [1.165, 1.54) is 13.8 Å². The molecule has 18 heavy (non-hydrogen) atoms. The van der Waals surface area contributed by atoms with E-state index in [9.17, 15) is 14.4 Å². The van der Waals surface area contributed by atoms with E-state index in [4.69, 9.17) is 9.47 Å². The van der Waals surface area contributed by atoms with E-state index in [1.807, 2.05) is 0 Å². The van der Waals surface area contributed by atoms with E-state index < -0.39 is 24.1 Å². The molecule has 6 nitrogen and oxygen atoms in total. The van der Waals surface area contributed by atoms with Crippen molar-refractivity contribution in [3.63, 3.8) is 0 Å². The molecule has 0 bridgehead atoms. The van der Waals surface area contributed by atoms with Crippen LogP contribution in [0.15, 0.2) is 17.9 Å². The smallest absolute Gasteiger partial charge is 0.303 e. The number of hydrogen-bond acceptors (Lipinski definition) is 5. The molecule has 1 saturated heterocycles. The van der Waals surface area contributed by atoms with Gasteiger partial charge in [-0.1, -0.05) is 6.58 Å². The molecule has 1 N–H and O–H groups in total. The lowest BCUT2D eigenvalue weighted by atomic mass is 10.0. The van der Waals surface area contributed by atoms with Gasteiger partial charge >= 0.3 is 11.9 Å². The molecule has 0 aromatic rings. The second kappa shape index (κ2) is 6.02. The van der Waals surface area contributed by atoms with Crippen LogP contribution in [0, 0.1) is 0 Å². The Morgan fingerprint density at radius 2 is 2.11 bits per heavy atom. The van der Waals surface area contributed by atoms with Crippen LogP contribution in [-0.4, -0.2) is 36.6 Å². The highest BCUT2D eigenvalue weighted by molar-refractivity contribution is 5.81. The molecule has 98 valence electrons. The molecule has 0 aliphatic carbocycles. The van der Waals surface area contributed by atoms with Gasteiger partial charge in [0.15, 0.2) is 0 Å². The van der Waals surface area contributed by atoms with Crippen LogP contribution in [0.4, 0.5) is 0 Å². The molecule has 0 aromatic carbocycles. The van der Waals surface area contributed by atoms with Gasteiger partial charge in [-0.2, -0.15) is 0 Å². The summed E-state index contributed by atoms with van der Waals surface area (Å²) in [5.41, 5.74) is 3.08. The Morgan fingerprint density at radius 3 is 2.61 bits per heavy atom. The minimum Gasteiger partial charge on any atom is -0.461 e. The standard InChI is InChI=1S/C12H15NO5/c1-4-9(6-17-7(2)14)12-10(18-8(3)15)5-11(16)13-12/h10,12H,1,5-6H2,2-3H3,(H,13,16)/t10-,12-/m0/s1. The third kappa shape index (κ3) is 3.75. The zero-order valence-electron chi connectivity index (χ0n) is 10.3. The first-order valence-electron chi connectivity index (χ1n) is 5.42. The van der Waals surface area contributed by atoms with E-state index in [2.05, 4.69) is 17.6 Å². The van der Waals surface area contributed by atoms with Gasteiger partial charge in [-0.25, -0.2) is 0 Å².